The summed E-state index contributed by atoms with van der Waals surface area (Å²) >= 11 is 0. The Morgan fingerprint density at radius 1 is 1.26 bits per heavy atom. The van der Waals surface area contributed by atoms with Gasteiger partial charge < -0.3 is 14.8 Å². The smallest absolute Gasteiger partial charge is 0.134 e. The van der Waals surface area contributed by atoms with Crippen molar-refractivity contribution in [3.8, 4) is 0 Å². The van der Waals surface area contributed by atoms with Gasteiger partial charge in [-0.2, -0.15) is 0 Å². The van der Waals surface area contributed by atoms with Crippen LogP contribution in [0.3, 0.4) is 0 Å². The largest absolute Gasteiger partial charge is 0.464 e. The van der Waals surface area contributed by atoms with E-state index in [9.17, 15) is 5.11 Å². The molecule has 2 rings (SSSR count). The van der Waals surface area contributed by atoms with E-state index in [1.165, 1.54) is 10.9 Å². The Bertz CT molecular complexity index is 504. The fourth-order valence-electron chi connectivity index (χ4n) is 2.25. The van der Waals surface area contributed by atoms with Gasteiger partial charge >= 0.3 is 0 Å². The van der Waals surface area contributed by atoms with Gasteiger partial charge in [-0.3, -0.25) is 0 Å². The molecule has 1 aromatic heterocycles. The van der Waals surface area contributed by atoms with Gasteiger partial charge in [0.15, 0.2) is 0 Å². The van der Waals surface area contributed by atoms with Crippen molar-refractivity contribution in [2.24, 2.45) is 11.8 Å². The van der Waals surface area contributed by atoms with Crippen LogP contribution in [-0.4, -0.2) is 24.8 Å². The topological polar surface area (TPSA) is 45.4 Å². The third kappa shape index (κ3) is 3.58. The Balaban J connectivity index is 1.83. The molecule has 1 heterocycles. The van der Waals surface area contributed by atoms with Crippen LogP contribution in [-0.2, 0) is 6.42 Å². The predicted octanol–water partition coefficient (Wildman–Crippen LogP) is 2.83. The van der Waals surface area contributed by atoms with Crippen molar-refractivity contribution in [2.45, 2.75) is 20.3 Å². The summed E-state index contributed by atoms with van der Waals surface area (Å²) in [7, 11) is 0. The second-order valence-electron chi connectivity index (χ2n) is 5.40. The van der Waals surface area contributed by atoms with Crippen LogP contribution in [0.2, 0.25) is 0 Å². The summed E-state index contributed by atoms with van der Waals surface area (Å²) in [5, 5.41) is 13.9. The van der Waals surface area contributed by atoms with Gasteiger partial charge in [0.2, 0.25) is 0 Å². The molecule has 0 aliphatic carbocycles. The maximum absolute atomic E-state index is 9.27. The third-order valence-electron chi connectivity index (χ3n) is 3.72. The van der Waals surface area contributed by atoms with Gasteiger partial charge in [0.05, 0.1) is 6.26 Å². The summed E-state index contributed by atoms with van der Waals surface area (Å²) in [5.74, 6) is 0.841. The maximum Gasteiger partial charge on any atom is 0.134 e. The molecular formula is C16H23NO2. The first kappa shape index (κ1) is 14.1. The van der Waals surface area contributed by atoms with Crippen LogP contribution in [0.25, 0.3) is 11.0 Å². The standard InChI is InChI=1S/C16H23NO2/c1-12(2)14(10-18)9-17-8-7-13-11-19-16-6-4-3-5-15(13)16/h3-6,11-12,14,17-18H,7-10H2,1-2H3. The molecule has 2 aromatic rings. The molecule has 0 amide bonds. The number of fused-ring (bicyclic) bond motifs is 1. The molecule has 1 unspecified atom stereocenters. The van der Waals surface area contributed by atoms with Crippen LogP contribution >= 0.6 is 0 Å². The lowest BCUT2D eigenvalue weighted by Crippen LogP contribution is -2.30. The average Bonchev–Trinajstić information content (AvgIpc) is 2.82. The van der Waals surface area contributed by atoms with Gasteiger partial charge in [-0.15, -0.1) is 0 Å². The minimum absolute atomic E-state index is 0.249. The first-order valence-electron chi connectivity index (χ1n) is 6.99. The molecule has 1 atom stereocenters. The van der Waals surface area contributed by atoms with E-state index in [1.54, 1.807) is 0 Å². The van der Waals surface area contributed by atoms with Crippen molar-refractivity contribution < 1.29 is 9.52 Å². The highest BCUT2D eigenvalue weighted by Gasteiger charge is 2.11. The molecule has 19 heavy (non-hydrogen) atoms. The molecule has 1 aromatic carbocycles. The average molecular weight is 261 g/mol. The Hall–Kier alpha value is -1.32. The normalized spacial score (nSPS) is 13.3. The molecule has 0 aliphatic heterocycles. The van der Waals surface area contributed by atoms with E-state index in [4.69, 9.17) is 4.42 Å². The van der Waals surface area contributed by atoms with Crippen LogP contribution in [0.4, 0.5) is 0 Å². The Labute approximate surface area is 114 Å². The van der Waals surface area contributed by atoms with E-state index >= 15 is 0 Å². The first-order chi connectivity index (χ1) is 9.22. The van der Waals surface area contributed by atoms with Crippen LogP contribution in [0, 0.1) is 11.8 Å². The highest BCUT2D eigenvalue weighted by atomic mass is 16.3. The zero-order valence-corrected chi connectivity index (χ0v) is 11.7. The van der Waals surface area contributed by atoms with E-state index in [0.29, 0.717) is 11.8 Å². The van der Waals surface area contributed by atoms with Crippen molar-refractivity contribution in [1.29, 1.82) is 0 Å². The zero-order valence-electron chi connectivity index (χ0n) is 11.7. The highest BCUT2D eigenvalue weighted by molar-refractivity contribution is 5.80. The summed E-state index contributed by atoms with van der Waals surface area (Å²) in [6, 6.07) is 8.11. The molecule has 0 fully saturated rings. The number of benzene rings is 1. The highest BCUT2D eigenvalue weighted by Crippen LogP contribution is 2.20. The number of rotatable bonds is 7. The second-order valence-corrected chi connectivity index (χ2v) is 5.40. The second kappa shape index (κ2) is 6.73. The van der Waals surface area contributed by atoms with E-state index in [0.717, 1.165) is 25.1 Å². The number of nitrogens with one attached hydrogen (secondary N) is 1. The van der Waals surface area contributed by atoms with Gasteiger partial charge in [-0.1, -0.05) is 32.0 Å². The molecule has 0 saturated heterocycles. The van der Waals surface area contributed by atoms with Crippen molar-refractivity contribution >= 4 is 11.0 Å². The lowest BCUT2D eigenvalue weighted by molar-refractivity contribution is 0.186. The first-order valence-corrected chi connectivity index (χ1v) is 6.99. The molecule has 0 spiro atoms. The molecule has 0 radical (unpaired) electrons. The number of furan rings is 1. The third-order valence-corrected chi connectivity index (χ3v) is 3.72. The summed E-state index contributed by atoms with van der Waals surface area (Å²) < 4.78 is 5.52. The monoisotopic (exact) mass is 261 g/mol. The van der Waals surface area contributed by atoms with E-state index in [-0.39, 0.29) is 6.61 Å². The van der Waals surface area contributed by atoms with Gasteiger partial charge in [0.1, 0.15) is 5.58 Å². The molecule has 3 nitrogen and oxygen atoms in total. The van der Waals surface area contributed by atoms with Crippen LogP contribution in [0.5, 0.6) is 0 Å². The minimum atomic E-state index is 0.249. The molecule has 2 N–H and O–H groups in total. The number of hydrogen-bond acceptors (Lipinski definition) is 3. The number of hydrogen-bond donors (Lipinski definition) is 2. The Morgan fingerprint density at radius 2 is 2.05 bits per heavy atom. The summed E-state index contributed by atoms with van der Waals surface area (Å²) in [5.41, 5.74) is 2.20. The molecule has 104 valence electrons. The molecule has 0 bridgehead atoms. The lowest BCUT2D eigenvalue weighted by Gasteiger charge is -2.18. The van der Waals surface area contributed by atoms with Crippen LogP contribution < -0.4 is 5.32 Å². The maximum atomic E-state index is 9.27. The summed E-state index contributed by atoms with van der Waals surface area (Å²) in [4.78, 5) is 0. The van der Waals surface area contributed by atoms with Crippen molar-refractivity contribution in [2.75, 3.05) is 19.7 Å². The summed E-state index contributed by atoms with van der Waals surface area (Å²) in [6.07, 6.45) is 2.80. The van der Waals surface area contributed by atoms with Gasteiger partial charge in [-0.05, 0) is 36.4 Å². The predicted molar refractivity (Wildman–Crippen MR) is 78.2 cm³/mol. The molecule has 0 aliphatic rings. The van der Waals surface area contributed by atoms with E-state index in [1.807, 2.05) is 24.5 Å². The van der Waals surface area contributed by atoms with Gasteiger partial charge in [-0.25, -0.2) is 0 Å². The number of aliphatic hydroxyl groups excluding tert-OH is 1. The van der Waals surface area contributed by atoms with Crippen molar-refractivity contribution in [1.82, 2.24) is 5.32 Å². The van der Waals surface area contributed by atoms with E-state index < -0.39 is 0 Å². The summed E-state index contributed by atoms with van der Waals surface area (Å²) in [6.45, 7) is 6.31. The number of para-hydroxylation sites is 1. The molecule has 0 saturated carbocycles. The fraction of sp³-hybridized carbons (Fsp3) is 0.500. The van der Waals surface area contributed by atoms with Crippen LogP contribution in [0.1, 0.15) is 19.4 Å². The van der Waals surface area contributed by atoms with E-state index in [2.05, 4.69) is 25.2 Å². The van der Waals surface area contributed by atoms with Crippen molar-refractivity contribution in [3.63, 3.8) is 0 Å². The quantitative estimate of drug-likeness (QED) is 0.753. The molecular weight excluding hydrogens is 238 g/mol. The SMILES string of the molecule is CC(C)C(CO)CNCCc1coc2ccccc12. The Kier molecular flexibility index (Phi) is 5.00. The zero-order chi connectivity index (χ0) is 13.7. The Morgan fingerprint density at radius 3 is 2.79 bits per heavy atom. The van der Waals surface area contributed by atoms with Gasteiger partial charge in [0.25, 0.3) is 0 Å². The number of aliphatic hydroxyl groups is 1. The fourth-order valence-corrected chi connectivity index (χ4v) is 2.25. The lowest BCUT2D eigenvalue weighted by atomic mass is 9.97. The van der Waals surface area contributed by atoms with Crippen LogP contribution in [0.15, 0.2) is 34.9 Å². The van der Waals surface area contributed by atoms with Gasteiger partial charge in [0, 0.05) is 18.5 Å². The minimum Gasteiger partial charge on any atom is -0.464 e. The van der Waals surface area contributed by atoms with Crippen molar-refractivity contribution in [3.05, 3.63) is 36.1 Å². The molecule has 3 heteroatoms.